The molecule has 0 N–H and O–H groups in total. The minimum absolute atomic E-state index is 0. The molecule has 0 saturated carbocycles. The van der Waals surface area contributed by atoms with Crippen molar-refractivity contribution in [2.45, 2.75) is 0 Å². The van der Waals surface area contributed by atoms with Gasteiger partial charge in [0.25, 0.3) is 0 Å². The largest absolute Gasteiger partial charge is 2.00 e. The van der Waals surface area contributed by atoms with Crippen LogP contribution in [0.15, 0.2) is 0 Å². The van der Waals surface area contributed by atoms with E-state index >= 15 is 0 Å². The Balaban J connectivity index is 0. The van der Waals surface area contributed by atoms with Gasteiger partial charge in [-0.2, -0.15) is 0 Å². The SMILES string of the molecule is [CH3-].[CH3-].[Ti+2].[W].[W]. The Morgan fingerprint density at radius 1 is 0.600 bits per heavy atom. The van der Waals surface area contributed by atoms with Crippen LogP contribution in [-0.2, 0) is 63.8 Å². The predicted molar refractivity (Wildman–Crippen MR) is 12.8 cm³/mol. The molecule has 0 aliphatic carbocycles. The monoisotopic (exact) mass is 446 g/mol. The molecule has 0 aliphatic rings. The molecule has 0 aromatic heterocycles. The molecule has 0 saturated heterocycles. The Bertz CT molecular complexity index is 7.61. The van der Waals surface area contributed by atoms with Crippen LogP contribution in [0, 0.1) is 14.9 Å². The topological polar surface area (TPSA) is 0 Å². The van der Waals surface area contributed by atoms with Crippen molar-refractivity contribution in [3.8, 4) is 0 Å². The molecule has 3 heteroatoms. The van der Waals surface area contributed by atoms with Crippen molar-refractivity contribution >= 4 is 0 Å². The van der Waals surface area contributed by atoms with Crippen LogP contribution in [0.2, 0.25) is 0 Å². The van der Waals surface area contributed by atoms with Crippen LogP contribution in [0.25, 0.3) is 0 Å². The van der Waals surface area contributed by atoms with Crippen LogP contribution < -0.4 is 0 Å². The standard InChI is InChI=1S/2CH3.Ti.2W/h2*1H3;;;/q2*-1;+2;;. The van der Waals surface area contributed by atoms with Gasteiger partial charge in [-0.05, 0) is 0 Å². The second-order valence-electron chi connectivity index (χ2n) is 0. The molecule has 0 fully saturated rings. The van der Waals surface area contributed by atoms with Gasteiger partial charge in [0.1, 0.15) is 0 Å². The smallest absolute Gasteiger partial charge is 0.358 e. The fraction of sp³-hybridized carbons (Fsp3) is 0. The van der Waals surface area contributed by atoms with E-state index in [1.807, 2.05) is 0 Å². The molecule has 0 atom stereocenters. The third kappa shape index (κ3) is 23.3. The summed E-state index contributed by atoms with van der Waals surface area (Å²) in [5.41, 5.74) is 0. The molecule has 0 bridgehead atoms. The van der Waals surface area contributed by atoms with Crippen molar-refractivity contribution in [1.29, 1.82) is 0 Å². The number of hydrogen-bond donors (Lipinski definition) is 0. The third-order valence-corrected chi connectivity index (χ3v) is 0. The summed E-state index contributed by atoms with van der Waals surface area (Å²) in [7, 11) is 0. The van der Waals surface area contributed by atoms with Crippen LogP contribution in [0.5, 0.6) is 0 Å². The first-order chi connectivity index (χ1) is 0. The molecular weight excluding hydrogens is 440 g/mol. The maximum atomic E-state index is 0. The van der Waals surface area contributed by atoms with Gasteiger partial charge in [0.2, 0.25) is 0 Å². The summed E-state index contributed by atoms with van der Waals surface area (Å²) in [6.07, 6.45) is 0. The summed E-state index contributed by atoms with van der Waals surface area (Å²) in [6.45, 7) is 0. The molecule has 0 aliphatic heterocycles. The van der Waals surface area contributed by atoms with Crippen molar-refractivity contribution < 1.29 is 63.8 Å². The molecule has 0 rings (SSSR count). The Kier molecular flexibility index (Phi) is 435. The molecule has 0 unspecified atom stereocenters. The molecule has 30 valence electrons. The average Bonchev–Trinajstić information content (AvgIpc) is 0. The van der Waals surface area contributed by atoms with Gasteiger partial charge in [-0.15, -0.1) is 0 Å². The number of hydrogen-bond acceptors (Lipinski definition) is 0. The Morgan fingerprint density at radius 2 is 0.600 bits per heavy atom. The van der Waals surface area contributed by atoms with E-state index in [1.54, 1.807) is 0 Å². The van der Waals surface area contributed by atoms with Crippen LogP contribution in [-0.4, -0.2) is 0 Å². The molecule has 0 amide bonds. The Morgan fingerprint density at radius 3 is 0.600 bits per heavy atom. The summed E-state index contributed by atoms with van der Waals surface area (Å²) < 4.78 is 0. The van der Waals surface area contributed by atoms with Crippen LogP contribution in [0.4, 0.5) is 0 Å². The molecule has 5 heavy (non-hydrogen) atoms. The summed E-state index contributed by atoms with van der Waals surface area (Å²) in [5.74, 6) is 0. The van der Waals surface area contributed by atoms with Gasteiger partial charge in [-0.1, -0.05) is 0 Å². The second-order valence-corrected chi connectivity index (χ2v) is 0. The zero-order valence-electron chi connectivity index (χ0n) is 3.32. The molecule has 0 aromatic carbocycles. The summed E-state index contributed by atoms with van der Waals surface area (Å²) in [4.78, 5) is 0. The van der Waals surface area contributed by atoms with E-state index in [4.69, 9.17) is 0 Å². The minimum Gasteiger partial charge on any atom is -0.358 e. The maximum Gasteiger partial charge on any atom is 2.00 e. The van der Waals surface area contributed by atoms with Crippen molar-refractivity contribution in [1.82, 2.24) is 0 Å². The molecule has 0 heterocycles. The van der Waals surface area contributed by atoms with Gasteiger partial charge >= 0.3 is 21.7 Å². The summed E-state index contributed by atoms with van der Waals surface area (Å²) in [5, 5.41) is 0. The van der Waals surface area contributed by atoms with Crippen molar-refractivity contribution in [2.24, 2.45) is 0 Å². The fourth-order valence-corrected chi connectivity index (χ4v) is 0. The van der Waals surface area contributed by atoms with E-state index in [1.165, 1.54) is 0 Å². The number of rotatable bonds is 0. The molecule has 0 radical (unpaired) electrons. The van der Waals surface area contributed by atoms with E-state index in [9.17, 15) is 0 Å². The zero-order chi connectivity index (χ0) is 0. The first kappa shape index (κ1) is 60.2. The average molecular weight is 446 g/mol. The van der Waals surface area contributed by atoms with Crippen molar-refractivity contribution in [3.63, 3.8) is 0 Å². The maximum absolute atomic E-state index is 0. The molecule has 0 aromatic rings. The molecular formula is C2H6TiW2. The van der Waals surface area contributed by atoms with Crippen LogP contribution in [0.3, 0.4) is 0 Å². The van der Waals surface area contributed by atoms with Crippen molar-refractivity contribution in [3.05, 3.63) is 14.9 Å². The van der Waals surface area contributed by atoms with Gasteiger partial charge in [-0.3, -0.25) is 0 Å². The van der Waals surface area contributed by atoms with E-state index < -0.39 is 0 Å². The van der Waals surface area contributed by atoms with Crippen molar-refractivity contribution in [2.75, 3.05) is 0 Å². The van der Waals surface area contributed by atoms with Crippen LogP contribution in [0.1, 0.15) is 0 Å². The summed E-state index contributed by atoms with van der Waals surface area (Å²) in [6, 6.07) is 0. The van der Waals surface area contributed by atoms with Gasteiger partial charge in [0, 0.05) is 42.1 Å². The first-order valence-electron chi connectivity index (χ1n) is 0. The second kappa shape index (κ2) is 36.1. The van der Waals surface area contributed by atoms with E-state index in [0.717, 1.165) is 0 Å². The zero-order valence-corrected chi connectivity index (χ0v) is 10.7. The Labute approximate surface area is 77.9 Å². The van der Waals surface area contributed by atoms with E-state index in [0.29, 0.717) is 0 Å². The summed E-state index contributed by atoms with van der Waals surface area (Å²) >= 11 is 0. The first-order valence-corrected chi connectivity index (χ1v) is 0. The van der Waals surface area contributed by atoms with E-state index in [2.05, 4.69) is 0 Å². The van der Waals surface area contributed by atoms with E-state index in [-0.39, 0.29) is 78.7 Å². The molecule has 0 spiro atoms. The van der Waals surface area contributed by atoms with Gasteiger partial charge in [0.15, 0.2) is 0 Å². The van der Waals surface area contributed by atoms with Gasteiger partial charge in [0.05, 0.1) is 0 Å². The minimum atomic E-state index is 0. The predicted octanol–water partition coefficient (Wildman–Crippen LogP) is 0.893. The van der Waals surface area contributed by atoms with Gasteiger partial charge < -0.3 is 14.9 Å². The molecule has 0 nitrogen and oxygen atoms in total. The fourth-order valence-electron chi connectivity index (χ4n) is 0. The Hall–Kier alpha value is 2.09. The van der Waals surface area contributed by atoms with Gasteiger partial charge in [-0.25, -0.2) is 0 Å². The quantitative estimate of drug-likeness (QED) is 0.384. The normalized spacial score (nSPS) is 0. The third-order valence-electron chi connectivity index (χ3n) is 0. The van der Waals surface area contributed by atoms with Crippen LogP contribution >= 0.6 is 0 Å².